The van der Waals surface area contributed by atoms with Gasteiger partial charge in [-0.05, 0) is 52.0 Å². The molecule has 202 valence electrons. The number of nitrogens with zero attached hydrogens (tertiary/aromatic N) is 4. The lowest BCUT2D eigenvalue weighted by atomic mass is 9.84. The van der Waals surface area contributed by atoms with Crippen molar-refractivity contribution < 1.29 is 14.3 Å². The largest absolute Gasteiger partial charge is 0.450 e. The van der Waals surface area contributed by atoms with Gasteiger partial charge in [-0.15, -0.1) is 0 Å². The smallest absolute Gasteiger partial charge is 0.413 e. The second-order valence-electron chi connectivity index (χ2n) is 10.8. The zero-order valence-electron chi connectivity index (χ0n) is 22.4. The monoisotopic (exact) mass is 502 g/mol. The molecule has 0 bridgehead atoms. The van der Waals surface area contributed by atoms with Gasteiger partial charge in [0.1, 0.15) is 11.6 Å². The number of piperidine rings is 1. The van der Waals surface area contributed by atoms with Gasteiger partial charge < -0.3 is 19.9 Å². The normalized spacial score (nSPS) is 23.0. The molecule has 0 radical (unpaired) electrons. The number of hydrogen-bond acceptors (Lipinski definition) is 6. The van der Waals surface area contributed by atoms with Gasteiger partial charge in [0.2, 0.25) is 11.9 Å². The third-order valence-electron chi connectivity index (χ3n) is 7.92. The van der Waals surface area contributed by atoms with Crippen LogP contribution in [-0.2, 0) is 9.53 Å². The number of nitrogens with one attached hydrogen (secondary N) is 2. The minimum Gasteiger partial charge on any atom is -0.450 e. The van der Waals surface area contributed by atoms with E-state index in [0.29, 0.717) is 31.1 Å². The molecule has 3 fully saturated rings. The lowest BCUT2D eigenvalue weighted by Gasteiger charge is -2.37. The highest BCUT2D eigenvalue weighted by atomic mass is 16.5. The van der Waals surface area contributed by atoms with Crippen molar-refractivity contribution in [3.63, 3.8) is 0 Å². The summed E-state index contributed by atoms with van der Waals surface area (Å²) in [5.41, 5.74) is -0.862. The number of nitriles is 1. The lowest BCUT2D eigenvalue weighted by Crippen LogP contribution is -2.56. The van der Waals surface area contributed by atoms with Crippen LogP contribution < -0.4 is 10.6 Å². The highest BCUT2D eigenvalue weighted by Crippen LogP contribution is 2.29. The van der Waals surface area contributed by atoms with E-state index < -0.39 is 17.7 Å². The highest BCUT2D eigenvalue weighted by molar-refractivity contribution is 5.96. The number of carbonyl (C=O) groups excluding carboxylic acids is 2. The van der Waals surface area contributed by atoms with Crippen molar-refractivity contribution >= 4 is 18.0 Å². The molecule has 0 aromatic carbocycles. The van der Waals surface area contributed by atoms with Crippen LogP contribution in [0.4, 0.5) is 4.79 Å². The zero-order chi connectivity index (χ0) is 25.8. The molecular weight excluding hydrogens is 456 g/mol. The Morgan fingerprint density at radius 3 is 2.25 bits per heavy atom. The zero-order valence-corrected chi connectivity index (χ0v) is 22.4. The van der Waals surface area contributed by atoms with E-state index in [9.17, 15) is 14.9 Å². The SMILES string of the molecule is CCOC(=O)NC(=N[C@@H](CC1CCCCC1)C(=O)NC1(C#N)CCN(C)CC1)N1CCCCCCC1. The van der Waals surface area contributed by atoms with Crippen LogP contribution in [0.5, 0.6) is 0 Å². The average molecular weight is 503 g/mol. The van der Waals surface area contributed by atoms with E-state index in [1.54, 1.807) is 6.92 Å². The van der Waals surface area contributed by atoms with Crippen LogP contribution in [-0.4, -0.2) is 79.2 Å². The minimum atomic E-state index is -0.862. The first-order valence-electron chi connectivity index (χ1n) is 14.1. The van der Waals surface area contributed by atoms with Gasteiger partial charge in [-0.25, -0.2) is 9.79 Å². The van der Waals surface area contributed by atoms with E-state index in [4.69, 9.17) is 9.73 Å². The highest BCUT2D eigenvalue weighted by Gasteiger charge is 2.38. The fourth-order valence-corrected chi connectivity index (χ4v) is 5.60. The number of rotatable bonds is 6. The Bertz CT molecular complexity index is 773. The maximum Gasteiger partial charge on any atom is 0.413 e. The number of alkyl carbamates (subject to hydrolysis) is 1. The average Bonchev–Trinajstić information content (AvgIpc) is 2.85. The standard InChI is InChI=1S/C27H46N6O3/c1-3-36-26(35)30-25(33-16-10-5-4-6-11-17-33)29-23(20-22-12-8-7-9-13-22)24(34)31-27(21-28)14-18-32(2)19-15-27/h22-23H,3-20H2,1-2H3,(H,31,34)(H,29,30,35)/t23-/m0/s1. The van der Waals surface area contributed by atoms with Crippen molar-refractivity contribution in [3.8, 4) is 6.07 Å². The summed E-state index contributed by atoms with van der Waals surface area (Å²) in [6.45, 7) is 5.16. The van der Waals surface area contributed by atoms with E-state index in [2.05, 4.69) is 26.5 Å². The predicted octanol–water partition coefficient (Wildman–Crippen LogP) is 3.80. The van der Waals surface area contributed by atoms with Crippen LogP contribution in [0.1, 0.15) is 90.4 Å². The fourth-order valence-electron chi connectivity index (χ4n) is 5.60. The van der Waals surface area contributed by atoms with Crippen molar-refractivity contribution in [2.75, 3.05) is 39.8 Å². The molecule has 0 aromatic heterocycles. The van der Waals surface area contributed by atoms with Gasteiger partial charge in [0.15, 0.2) is 0 Å². The number of aliphatic imine (C=N–C) groups is 1. The molecule has 9 nitrogen and oxygen atoms in total. The quantitative estimate of drug-likeness (QED) is 0.422. The molecule has 1 aliphatic carbocycles. The van der Waals surface area contributed by atoms with Gasteiger partial charge >= 0.3 is 6.09 Å². The molecular formula is C27H46N6O3. The molecule has 0 spiro atoms. The summed E-state index contributed by atoms with van der Waals surface area (Å²) in [4.78, 5) is 35.4. The number of guanidine groups is 1. The molecule has 1 atom stereocenters. The van der Waals surface area contributed by atoms with E-state index in [1.807, 2.05) is 7.05 Å². The van der Waals surface area contributed by atoms with Gasteiger partial charge in [0, 0.05) is 26.2 Å². The second-order valence-corrected chi connectivity index (χ2v) is 10.8. The number of hydrogen-bond donors (Lipinski definition) is 2. The summed E-state index contributed by atoms with van der Waals surface area (Å²) in [6, 6.07) is 1.75. The number of carbonyl (C=O) groups is 2. The third-order valence-corrected chi connectivity index (χ3v) is 7.92. The van der Waals surface area contributed by atoms with Crippen LogP contribution in [0.2, 0.25) is 0 Å². The van der Waals surface area contributed by atoms with Crippen molar-refractivity contribution in [2.45, 2.75) is 102 Å². The summed E-state index contributed by atoms with van der Waals surface area (Å²) in [5.74, 6) is 0.646. The number of amides is 2. The molecule has 3 rings (SSSR count). The lowest BCUT2D eigenvalue weighted by molar-refractivity contribution is -0.124. The molecule has 2 saturated heterocycles. The Labute approximate surface area is 217 Å². The molecule has 0 aromatic rings. The van der Waals surface area contributed by atoms with Gasteiger partial charge in [0.05, 0.1) is 12.7 Å². The van der Waals surface area contributed by atoms with E-state index >= 15 is 0 Å². The number of likely N-dealkylation sites (tertiary alicyclic amines) is 2. The van der Waals surface area contributed by atoms with Gasteiger partial charge in [-0.2, -0.15) is 5.26 Å². The Hall–Kier alpha value is -2.34. The third kappa shape index (κ3) is 8.65. The van der Waals surface area contributed by atoms with Gasteiger partial charge in [0.25, 0.3) is 0 Å². The summed E-state index contributed by atoms with van der Waals surface area (Å²) in [5, 5.41) is 16.0. The van der Waals surface area contributed by atoms with Crippen molar-refractivity contribution in [3.05, 3.63) is 0 Å². The fraction of sp³-hybridized carbons (Fsp3) is 0.852. The molecule has 1 saturated carbocycles. The van der Waals surface area contributed by atoms with E-state index in [1.165, 1.54) is 25.7 Å². The van der Waals surface area contributed by atoms with E-state index in [0.717, 1.165) is 64.7 Å². The molecule has 0 unspecified atom stereocenters. The topological polar surface area (TPSA) is 110 Å². The van der Waals surface area contributed by atoms with Crippen LogP contribution >= 0.6 is 0 Å². The summed E-state index contributed by atoms with van der Waals surface area (Å²) >= 11 is 0. The van der Waals surface area contributed by atoms with E-state index in [-0.39, 0.29) is 12.5 Å². The molecule has 2 amide bonds. The number of ether oxygens (including phenoxy) is 1. The Morgan fingerprint density at radius 1 is 1.03 bits per heavy atom. The van der Waals surface area contributed by atoms with Crippen LogP contribution in [0.15, 0.2) is 4.99 Å². The van der Waals surface area contributed by atoms with Crippen LogP contribution in [0, 0.1) is 17.2 Å². The maximum atomic E-state index is 13.7. The van der Waals surface area contributed by atoms with Gasteiger partial charge in [-0.1, -0.05) is 51.4 Å². The summed E-state index contributed by atoms with van der Waals surface area (Å²) in [6.07, 6.45) is 12.6. The summed E-state index contributed by atoms with van der Waals surface area (Å²) < 4.78 is 5.17. The first-order chi connectivity index (χ1) is 17.4. The molecule has 3 aliphatic rings. The first kappa shape index (κ1) is 28.2. The molecule has 9 heteroatoms. The van der Waals surface area contributed by atoms with Gasteiger partial charge in [-0.3, -0.25) is 10.1 Å². The first-order valence-corrected chi connectivity index (χ1v) is 14.1. The minimum absolute atomic E-state index is 0.207. The van der Waals surface area contributed by atoms with Crippen molar-refractivity contribution in [2.24, 2.45) is 10.9 Å². The molecule has 2 heterocycles. The van der Waals surface area contributed by atoms with Crippen LogP contribution in [0.25, 0.3) is 0 Å². The van der Waals surface area contributed by atoms with Crippen LogP contribution in [0.3, 0.4) is 0 Å². The second kappa shape index (κ2) is 14.4. The molecule has 36 heavy (non-hydrogen) atoms. The Kier molecular flexibility index (Phi) is 11.3. The summed E-state index contributed by atoms with van der Waals surface area (Å²) in [7, 11) is 2.04. The Morgan fingerprint density at radius 2 is 1.64 bits per heavy atom. The molecule has 2 aliphatic heterocycles. The predicted molar refractivity (Wildman–Crippen MR) is 140 cm³/mol. The Balaban J connectivity index is 1.86. The van der Waals surface area contributed by atoms with Crippen molar-refractivity contribution in [1.29, 1.82) is 5.26 Å². The molecule has 2 N–H and O–H groups in total. The maximum absolute atomic E-state index is 13.7. The van der Waals surface area contributed by atoms with Crippen molar-refractivity contribution in [1.82, 2.24) is 20.4 Å².